The summed E-state index contributed by atoms with van der Waals surface area (Å²) in [6.07, 6.45) is 0.936. The van der Waals surface area contributed by atoms with E-state index in [9.17, 15) is 4.79 Å². The number of carbonyl (C=O) groups excluding carboxylic acids is 1. The molecule has 0 atom stereocenters. The van der Waals surface area contributed by atoms with Crippen molar-refractivity contribution in [2.24, 2.45) is 0 Å². The van der Waals surface area contributed by atoms with Crippen LogP contribution in [0.25, 0.3) is 0 Å². The molecule has 0 radical (unpaired) electrons. The molecule has 0 bridgehead atoms. The number of thiazole rings is 1. The van der Waals surface area contributed by atoms with Crippen molar-refractivity contribution in [1.29, 1.82) is 0 Å². The number of aromatic nitrogens is 1. The molecule has 0 fully saturated rings. The van der Waals surface area contributed by atoms with Crippen molar-refractivity contribution in [2.75, 3.05) is 0 Å². The third-order valence-electron chi connectivity index (χ3n) is 1.20. The van der Waals surface area contributed by atoms with E-state index in [0.29, 0.717) is 13.1 Å². The second-order valence-electron chi connectivity index (χ2n) is 1.99. The van der Waals surface area contributed by atoms with Gasteiger partial charge in [-0.3, -0.25) is 4.79 Å². The number of nitrogens with zero attached hydrogens (tertiary/aromatic N) is 1. The molecular formula is C7H9NO2S. The van der Waals surface area contributed by atoms with E-state index >= 15 is 0 Å². The molecular weight excluding hydrogens is 162 g/mol. The van der Waals surface area contributed by atoms with E-state index in [0.717, 1.165) is 17.1 Å². The summed E-state index contributed by atoms with van der Waals surface area (Å²) in [6, 6.07) is 0. The lowest BCUT2D eigenvalue weighted by Crippen LogP contribution is -1.90. The summed E-state index contributed by atoms with van der Waals surface area (Å²) in [6.45, 7) is 2.77. The van der Waals surface area contributed by atoms with Gasteiger partial charge in [0.05, 0.1) is 10.7 Å². The lowest BCUT2D eigenvalue weighted by Gasteiger charge is -1.90. The highest BCUT2D eigenvalue weighted by Gasteiger charge is 1.98. The standard InChI is InChI=1S/C7H9NO2S/c1-2-7-8-6(4-11-7)3-10-5-9/h4-5H,2-3H2,1H3. The third-order valence-corrected chi connectivity index (χ3v) is 2.24. The minimum absolute atomic E-state index is 0.292. The molecule has 11 heavy (non-hydrogen) atoms. The van der Waals surface area contributed by atoms with Crippen LogP contribution in [0.5, 0.6) is 0 Å². The van der Waals surface area contributed by atoms with Crippen LogP contribution >= 0.6 is 11.3 Å². The molecule has 1 heterocycles. The Morgan fingerprint density at radius 3 is 3.18 bits per heavy atom. The average molecular weight is 171 g/mol. The maximum atomic E-state index is 9.81. The Balaban J connectivity index is 2.50. The van der Waals surface area contributed by atoms with E-state index < -0.39 is 0 Å². The first kappa shape index (κ1) is 8.20. The molecule has 0 amide bonds. The Morgan fingerprint density at radius 2 is 2.64 bits per heavy atom. The van der Waals surface area contributed by atoms with Crippen LogP contribution in [0.15, 0.2) is 5.38 Å². The van der Waals surface area contributed by atoms with Crippen molar-refractivity contribution in [3.63, 3.8) is 0 Å². The summed E-state index contributed by atoms with van der Waals surface area (Å²) in [7, 11) is 0. The molecule has 3 nitrogen and oxygen atoms in total. The summed E-state index contributed by atoms with van der Waals surface area (Å²) in [5.41, 5.74) is 0.832. The van der Waals surface area contributed by atoms with Crippen molar-refractivity contribution in [3.8, 4) is 0 Å². The maximum absolute atomic E-state index is 9.81. The monoisotopic (exact) mass is 171 g/mol. The molecule has 1 aromatic rings. The summed E-state index contributed by atoms with van der Waals surface area (Å²) in [5, 5.41) is 2.98. The zero-order valence-corrected chi connectivity index (χ0v) is 7.06. The van der Waals surface area contributed by atoms with E-state index in [2.05, 4.69) is 9.72 Å². The predicted molar refractivity (Wildman–Crippen MR) is 42.3 cm³/mol. The molecule has 0 aliphatic rings. The largest absolute Gasteiger partial charge is 0.461 e. The van der Waals surface area contributed by atoms with Gasteiger partial charge in [0.15, 0.2) is 0 Å². The Labute approximate surface area is 69.0 Å². The van der Waals surface area contributed by atoms with Gasteiger partial charge >= 0.3 is 0 Å². The Bertz CT molecular complexity index is 234. The first-order valence-electron chi connectivity index (χ1n) is 3.35. The van der Waals surface area contributed by atoms with Crippen molar-refractivity contribution < 1.29 is 9.53 Å². The zero-order chi connectivity index (χ0) is 8.10. The Morgan fingerprint density at radius 1 is 1.82 bits per heavy atom. The average Bonchev–Trinajstić information content (AvgIpc) is 2.48. The predicted octanol–water partition coefficient (Wildman–Crippen LogP) is 1.38. The van der Waals surface area contributed by atoms with Gasteiger partial charge in [-0.05, 0) is 6.42 Å². The zero-order valence-electron chi connectivity index (χ0n) is 6.24. The lowest BCUT2D eigenvalue weighted by molar-refractivity contribution is -0.129. The highest BCUT2D eigenvalue weighted by Crippen LogP contribution is 2.10. The SMILES string of the molecule is CCc1nc(COC=O)cs1. The fourth-order valence-electron chi connectivity index (χ4n) is 0.697. The van der Waals surface area contributed by atoms with Gasteiger partial charge in [0.25, 0.3) is 6.47 Å². The van der Waals surface area contributed by atoms with Crippen molar-refractivity contribution in [2.45, 2.75) is 20.0 Å². The normalized spacial score (nSPS) is 9.55. The molecule has 0 spiro atoms. The molecule has 0 saturated heterocycles. The van der Waals surface area contributed by atoms with Gasteiger partial charge in [0.1, 0.15) is 6.61 Å². The highest BCUT2D eigenvalue weighted by molar-refractivity contribution is 7.09. The Hall–Kier alpha value is -0.900. The maximum Gasteiger partial charge on any atom is 0.293 e. The number of carbonyl (C=O) groups is 1. The van der Waals surface area contributed by atoms with Gasteiger partial charge < -0.3 is 4.74 Å². The fourth-order valence-corrected chi connectivity index (χ4v) is 1.43. The minimum atomic E-state index is 0.292. The van der Waals surface area contributed by atoms with Crippen LogP contribution in [0.3, 0.4) is 0 Å². The van der Waals surface area contributed by atoms with Crippen LogP contribution in [-0.4, -0.2) is 11.5 Å². The van der Waals surface area contributed by atoms with Crippen LogP contribution < -0.4 is 0 Å². The molecule has 0 unspecified atom stereocenters. The molecule has 0 aliphatic carbocycles. The van der Waals surface area contributed by atoms with Gasteiger partial charge in [0, 0.05) is 5.38 Å². The first-order valence-corrected chi connectivity index (χ1v) is 4.23. The van der Waals surface area contributed by atoms with Crippen LogP contribution in [0.4, 0.5) is 0 Å². The van der Waals surface area contributed by atoms with Crippen molar-refractivity contribution in [3.05, 3.63) is 16.1 Å². The van der Waals surface area contributed by atoms with Gasteiger partial charge in [-0.2, -0.15) is 0 Å². The van der Waals surface area contributed by atoms with Crippen molar-refractivity contribution in [1.82, 2.24) is 4.98 Å². The van der Waals surface area contributed by atoms with Gasteiger partial charge in [0.2, 0.25) is 0 Å². The van der Waals surface area contributed by atoms with Crippen molar-refractivity contribution >= 4 is 17.8 Å². The Kier molecular flexibility index (Phi) is 3.04. The molecule has 0 saturated carbocycles. The molecule has 1 aromatic heterocycles. The summed E-state index contributed by atoms with van der Waals surface area (Å²) >= 11 is 1.59. The topological polar surface area (TPSA) is 39.2 Å². The minimum Gasteiger partial charge on any atom is -0.461 e. The van der Waals surface area contributed by atoms with E-state index in [1.54, 1.807) is 11.3 Å². The molecule has 1 rings (SSSR count). The first-order chi connectivity index (χ1) is 5.36. The summed E-state index contributed by atoms with van der Waals surface area (Å²) < 4.78 is 4.54. The van der Waals surface area contributed by atoms with Crippen LogP contribution in [0, 0.1) is 0 Å². The van der Waals surface area contributed by atoms with Crippen LogP contribution in [-0.2, 0) is 22.6 Å². The smallest absolute Gasteiger partial charge is 0.293 e. The van der Waals surface area contributed by atoms with Gasteiger partial charge in [-0.25, -0.2) is 4.98 Å². The van der Waals surface area contributed by atoms with E-state index in [1.807, 2.05) is 12.3 Å². The number of hydrogen-bond donors (Lipinski definition) is 0. The second kappa shape index (κ2) is 4.08. The summed E-state index contributed by atoms with van der Waals surface area (Å²) in [5.74, 6) is 0. The number of ether oxygens (including phenoxy) is 1. The molecule has 0 aromatic carbocycles. The third kappa shape index (κ3) is 2.31. The number of hydrogen-bond acceptors (Lipinski definition) is 4. The molecule has 0 aliphatic heterocycles. The van der Waals surface area contributed by atoms with Gasteiger partial charge in [-0.15, -0.1) is 11.3 Å². The highest BCUT2D eigenvalue weighted by atomic mass is 32.1. The summed E-state index contributed by atoms with van der Waals surface area (Å²) in [4.78, 5) is 14.0. The van der Waals surface area contributed by atoms with E-state index in [1.165, 1.54) is 0 Å². The molecule has 60 valence electrons. The van der Waals surface area contributed by atoms with E-state index in [4.69, 9.17) is 0 Å². The molecule has 4 heteroatoms. The quantitative estimate of drug-likeness (QED) is 0.642. The van der Waals surface area contributed by atoms with Gasteiger partial charge in [-0.1, -0.05) is 6.92 Å². The molecule has 0 N–H and O–H groups in total. The number of aryl methyl sites for hydroxylation is 1. The second-order valence-corrected chi connectivity index (χ2v) is 2.94. The van der Waals surface area contributed by atoms with Crippen LogP contribution in [0.2, 0.25) is 0 Å². The van der Waals surface area contributed by atoms with Crippen LogP contribution in [0.1, 0.15) is 17.6 Å². The number of rotatable bonds is 4. The lowest BCUT2D eigenvalue weighted by atomic mass is 10.5. The fraction of sp³-hybridized carbons (Fsp3) is 0.429. The van der Waals surface area contributed by atoms with E-state index in [-0.39, 0.29) is 0 Å².